The van der Waals surface area contributed by atoms with Crippen LogP contribution >= 0.6 is 22.9 Å². The Hall–Kier alpha value is -2.42. The summed E-state index contributed by atoms with van der Waals surface area (Å²) in [5.41, 5.74) is 0.203. The number of aryl methyl sites for hydroxylation is 1. The molecule has 1 saturated carbocycles. The summed E-state index contributed by atoms with van der Waals surface area (Å²) in [6.07, 6.45) is 4.73. The molecule has 3 aromatic rings. The second kappa shape index (κ2) is 10.5. The van der Waals surface area contributed by atoms with E-state index in [-0.39, 0.29) is 38.8 Å². The molecular weight excluding hydrogens is 548 g/mol. The number of anilines is 1. The van der Waals surface area contributed by atoms with Gasteiger partial charge < -0.3 is 5.32 Å². The highest BCUT2D eigenvalue weighted by Gasteiger charge is 2.29. The van der Waals surface area contributed by atoms with Crippen molar-refractivity contribution in [1.82, 2.24) is 9.97 Å². The van der Waals surface area contributed by atoms with Crippen molar-refractivity contribution in [2.45, 2.75) is 42.0 Å². The van der Waals surface area contributed by atoms with Crippen LogP contribution < -0.4 is 10.5 Å². The monoisotopic (exact) mass is 570 g/mol. The fourth-order valence-electron chi connectivity index (χ4n) is 4.09. The van der Waals surface area contributed by atoms with Gasteiger partial charge in [-0.25, -0.2) is 23.5 Å². The molecule has 0 unspecified atom stereocenters. The number of carbonyl (C=O) groups is 1. The molecule has 1 aliphatic carbocycles. The third-order valence-corrected chi connectivity index (χ3v) is 9.55. The number of rotatable bonds is 9. The Labute approximate surface area is 218 Å². The van der Waals surface area contributed by atoms with Crippen LogP contribution in [0.15, 0.2) is 52.6 Å². The zero-order valence-electron chi connectivity index (χ0n) is 19.0. The fraction of sp³-hybridized carbons (Fsp3) is 0.318. The van der Waals surface area contributed by atoms with E-state index in [1.165, 1.54) is 30.7 Å². The van der Waals surface area contributed by atoms with Gasteiger partial charge >= 0.3 is 10.3 Å². The fourth-order valence-corrected chi connectivity index (χ4v) is 7.57. The van der Waals surface area contributed by atoms with Gasteiger partial charge in [0.05, 0.1) is 26.8 Å². The van der Waals surface area contributed by atoms with Crippen molar-refractivity contribution in [3.8, 4) is 0 Å². The van der Waals surface area contributed by atoms with Gasteiger partial charge in [-0.3, -0.25) is 8.98 Å². The number of nitrogens with one attached hydrogen (secondary N) is 1. The Kier molecular flexibility index (Phi) is 7.78. The third kappa shape index (κ3) is 6.10. The predicted octanol–water partition coefficient (Wildman–Crippen LogP) is 3.36. The molecule has 3 N–H and O–H groups in total. The van der Waals surface area contributed by atoms with Gasteiger partial charge in [0.1, 0.15) is 12.1 Å². The number of ketones is 1. The van der Waals surface area contributed by atoms with Crippen LogP contribution in [0.3, 0.4) is 0 Å². The number of nitrogens with two attached hydrogens (primary N) is 1. The predicted molar refractivity (Wildman–Crippen MR) is 135 cm³/mol. The van der Waals surface area contributed by atoms with Gasteiger partial charge in [0, 0.05) is 22.1 Å². The largest absolute Gasteiger partial charge is 0.367 e. The molecule has 2 atom stereocenters. The Morgan fingerprint density at radius 3 is 2.75 bits per heavy atom. The van der Waals surface area contributed by atoms with Crippen LogP contribution in [-0.2, 0) is 24.3 Å². The molecule has 0 spiro atoms. The van der Waals surface area contributed by atoms with Crippen molar-refractivity contribution in [1.29, 1.82) is 0 Å². The smallest absolute Gasteiger partial charge is 0.333 e. The van der Waals surface area contributed by atoms with E-state index in [2.05, 4.69) is 15.3 Å². The Balaban J connectivity index is 1.54. The molecule has 1 aliphatic rings. The van der Waals surface area contributed by atoms with Gasteiger partial charge in [0.2, 0.25) is 15.6 Å². The second-order valence-electron chi connectivity index (χ2n) is 8.40. The van der Waals surface area contributed by atoms with E-state index in [4.69, 9.17) is 20.9 Å². The highest BCUT2D eigenvalue weighted by atomic mass is 35.5. The standard InChI is InChI=1S/C22H23ClN4O6S3/c1-13-20(35(29,30)17-4-2-3-15(23)8-17)9-19(34-13)21(28)18-10-25-12-26-22(18)27-16-6-5-14(7-16)11-33-36(24,31)32/h2-4,8-10,12,14,16H,5-7,11H2,1H3,(H2,24,31,32)(H,25,26,27)/t14-,16+/m1/s1. The third-order valence-electron chi connectivity index (χ3n) is 5.80. The lowest BCUT2D eigenvalue weighted by Crippen LogP contribution is -2.22. The van der Waals surface area contributed by atoms with Gasteiger partial charge in [-0.15, -0.1) is 11.3 Å². The first kappa shape index (κ1) is 26.6. The van der Waals surface area contributed by atoms with Crippen LogP contribution in [0.1, 0.15) is 39.4 Å². The zero-order valence-corrected chi connectivity index (χ0v) is 22.3. The first-order chi connectivity index (χ1) is 16.9. The van der Waals surface area contributed by atoms with Crippen LogP contribution in [-0.4, -0.2) is 45.2 Å². The van der Waals surface area contributed by atoms with E-state index in [9.17, 15) is 21.6 Å². The van der Waals surface area contributed by atoms with Crippen LogP contribution in [0.5, 0.6) is 0 Å². The number of hydrogen-bond donors (Lipinski definition) is 2. The van der Waals surface area contributed by atoms with E-state index in [0.717, 1.165) is 24.2 Å². The SMILES string of the molecule is Cc1sc(C(=O)c2cncnc2N[C@H]2CC[C@@H](COS(N)(=O)=O)C2)cc1S(=O)(=O)c1cccc(Cl)c1. The molecule has 0 bridgehead atoms. The Morgan fingerprint density at radius 2 is 2.03 bits per heavy atom. The molecule has 0 radical (unpaired) electrons. The summed E-state index contributed by atoms with van der Waals surface area (Å²) >= 11 is 7.04. The number of thiophene rings is 1. The summed E-state index contributed by atoms with van der Waals surface area (Å²) in [5.74, 6) is -0.106. The molecule has 1 aromatic carbocycles. The van der Waals surface area contributed by atoms with E-state index < -0.39 is 25.9 Å². The highest BCUT2D eigenvalue weighted by Crippen LogP contribution is 2.34. The van der Waals surface area contributed by atoms with Crippen molar-refractivity contribution < 1.29 is 25.8 Å². The van der Waals surface area contributed by atoms with Crippen molar-refractivity contribution in [2.75, 3.05) is 11.9 Å². The second-order valence-corrected chi connectivity index (χ2v) is 13.2. The summed E-state index contributed by atoms with van der Waals surface area (Å²) in [6.45, 7) is 1.63. The number of hydrogen-bond acceptors (Lipinski definition) is 10. The minimum absolute atomic E-state index is 0.00900. The summed E-state index contributed by atoms with van der Waals surface area (Å²) in [5, 5.41) is 8.43. The minimum Gasteiger partial charge on any atom is -0.367 e. The van der Waals surface area contributed by atoms with Gasteiger partial charge in [0.15, 0.2) is 0 Å². The topological polar surface area (TPSA) is 158 Å². The first-order valence-corrected chi connectivity index (χ1v) is 15.0. The minimum atomic E-state index is -4.00. The van der Waals surface area contributed by atoms with Crippen molar-refractivity contribution in [3.05, 3.63) is 63.2 Å². The summed E-state index contributed by atoms with van der Waals surface area (Å²) < 4.78 is 53.1. The summed E-state index contributed by atoms with van der Waals surface area (Å²) in [4.78, 5) is 22.4. The van der Waals surface area contributed by atoms with E-state index in [0.29, 0.717) is 22.1 Å². The number of sulfone groups is 1. The molecule has 0 saturated heterocycles. The lowest BCUT2D eigenvalue weighted by atomic mass is 10.1. The maximum absolute atomic E-state index is 13.4. The van der Waals surface area contributed by atoms with E-state index in [1.54, 1.807) is 19.1 Å². The Bertz CT molecular complexity index is 1510. The summed E-state index contributed by atoms with van der Waals surface area (Å²) in [7, 11) is -7.88. The molecule has 2 heterocycles. The van der Waals surface area contributed by atoms with Crippen molar-refractivity contribution in [3.63, 3.8) is 0 Å². The van der Waals surface area contributed by atoms with Crippen LogP contribution in [0.4, 0.5) is 5.82 Å². The Morgan fingerprint density at radius 1 is 1.25 bits per heavy atom. The number of nitrogens with zero attached hydrogens (tertiary/aromatic N) is 2. The van der Waals surface area contributed by atoms with Crippen molar-refractivity contribution >= 4 is 54.7 Å². The quantitative estimate of drug-likeness (QED) is 0.368. The molecule has 36 heavy (non-hydrogen) atoms. The molecule has 2 aromatic heterocycles. The molecule has 1 fully saturated rings. The molecule has 10 nitrogen and oxygen atoms in total. The van der Waals surface area contributed by atoms with Crippen molar-refractivity contribution in [2.24, 2.45) is 11.1 Å². The van der Waals surface area contributed by atoms with Crippen LogP contribution in [0, 0.1) is 12.8 Å². The van der Waals surface area contributed by atoms with E-state index >= 15 is 0 Å². The van der Waals surface area contributed by atoms with Crippen LogP contribution in [0.25, 0.3) is 0 Å². The first-order valence-electron chi connectivity index (χ1n) is 10.8. The van der Waals surface area contributed by atoms with E-state index in [1.807, 2.05) is 0 Å². The average Bonchev–Trinajstić information content (AvgIpc) is 3.44. The maximum Gasteiger partial charge on any atom is 0.333 e. The molecule has 14 heteroatoms. The number of halogens is 1. The highest BCUT2D eigenvalue weighted by molar-refractivity contribution is 7.91. The molecular formula is C22H23ClN4O6S3. The molecule has 192 valence electrons. The van der Waals surface area contributed by atoms with Crippen LogP contribution in [0.2, 0.25) is 5.02 Å². The average molecular weight is 571 g/mol. The molecule has 0 amide bonds. The van der Waals surface area contributed by atoms with Gasteiger partial charge in [-0.2, -0.15) is 8.42 Å². The molecule has 4 rings (SSSR count). The number of carbonyl (C=O) groups excluding carboxylic acids is 1. The van der Waals surface area contributed by atoms with Gasteiger partial charge in [-0.1, -0.05) is 17.7 Å². The lowest BCUT2D eigenvalue weighted by molar-refractivity contribution is 0.104. The number of benzene rings is 1. The number of aromatic nitrogens is 2. The normalized spacial score (nSPS) is 18.3. The zero-order chi connectivity index (χ0) is 26.1. The summed E-state index contributed by atoms with van der Waals surface area (Å²) in [6, 6.07) is 7.26. The van der Waals surface area contributed by atoms with Gasteiger partial charge in [-0.05, 0) is 56.4 Å². The maximum atomic E-state index is 13.4. The lowest BCUT2D eigenvalue weighted by Gasteiger charge is -2.15. The van der Waals surface area contributed by atoms with Gasteiger partial charge in [0.25, 0.3) is 0 Å². The molecule has 0 aliphatic heterocycles.